The second kappa shape index (κ2) is 7.14. The molecule has 1 amide bonds. The third-order valence-corrected chi connectivity index (χ3v) is 3.90. The molecule has 27 heavy (non-hydrogen) atoms. The highest BCUT2D eigenvalue weighted by Crippen LogP contribution is 2.32. The number of carbonyl (C=O) groups excluding carboxylic acids is 1. The first kappa shape index (κ1) is 18.5. The largest absolute Gasteiger partial charge is 0.416 e. The summed E-state index contributed by atoms with van der Waals surface area (Å²) in [6.07, 6.45) is -2.65. The molecule has 0 atom stereocenters. The molecule has 0 aliphatic heterocycles. The maximum atomic E-state index is 12.7. The van der Waals surface area contributed by atoms with E-state index in [0.29, 0.717) is 5.69 Å². The maximum absolute atomic E-state index is 12.7. The van der Waals surface area contributed by atoms with Gasteiger partial charge < -0.3 is 5.32 Å². The summed E-state index contributed by atoms with van der Waals surface area (Å²) in [7, 11) is 0. The van der Waals surface area contributed by atoms with Gasteiger partial charge in [0.25, 0.3) is 11.6 Å². The average Bonchev–Trinajstić information content (AvgIpc) is 3.43. The highest BCUT2D eigenvalue weighted by molar-refractivity contribution is 5.96. The SMILES string of the molecule is O=C(NNc1cccc(C(F)(F)F)c1)c1ccc(NC2CC2)c([N+](=O)[O-])c1. The Bertz CT molecular complexity index is 882. The van der Waals surface area contributed by atoms with Gasteiger partial charge in [-0.2, -0.15) is 13.2 Å². The van der Waals surface area contributed by atoms with Crippen molar-refractivity contribution in [2.75, 3.05) is 10.7 Å². The van der Waals surface area contributed by atoms with Gasteiger partial charge in [0.15, 0.2) is 0 Å². The van der Waals surface area contributed by atoms with Crippen molar-refractivity contribution in [3.8, 4) is 0 Å². The second-order valence-electron chi connectivity index (χ2n) is 6.07. The maximum Gasteiger partial charge on any atom is 0.416 e. The minimum atomic E-state index is -4.51. The summed E-state index contributed by atoms with van der Waals surface area (Å²) in [5.74, 6) is -0.714. The van der Waals surface area contributed by atoms with Gasteiger partial charge in [0.2, 0.25) is 0 Å². The van der Waals surface area contributed by atoms with Crippen LogP contribution in [0.25, 0.3) is 0 Å². The van der Waals surface area contributed by atoms with E-state index in [4.69, 9.17) is 0 Å². The third kappa shape index (κ3) is 4.66. The van der Waals surface area contributed by atoms with E-state index in [9.17, 15) is 28.1 Å². The molecule has 1 saturated carbocycles. The van der Waals surface area contributed by atoms with Gasteiger partial charge in [-0.25, -0.2) is 0 Å². The molecule has 3 N–H and O–H groups in total. The van der Waals surface area contributed by atoms with Crippen molar-refractivity contribution in [2.45, 2.75) is 25.1 Å². The molecule has 0 heterocycles. The van der Waals surface area contributed by atoms with E-state index >= 15 is 0 Å². The highest BCUT2D eigenvalue weighted by Gasteiger charge is 2.30. The van der Waals surface area contributed by atoms with E-state index in [0.717, 1.165) is 31.0 Å². The number of benzene rings is 2. The van der Waals surface area contributed by atoms with Gasteiger partial charge >= 0.3 is 6.18 Å². The summed E-state index contributed by atoms with van der Waals surface area (Å²) in [6, 6.07) is 8.45. The lowest BCUT2D eigenvalue weighted by molar-refractivity contribution is -0.384. The zero-order valence-corrected chi connectivity index (χ0v) is 13.8. The number of alkyl halides is 3. The van der Waals surface area contributed by atoms with Gasteiger partial charge in [-0.3, -0.25) is 25.8 Å². The van der Waals surface area contributed by atoms with Crippen molar-refractivity contribution in [3.05, 3.63) is 63.7 Å². The summed E-state index contributed by atoms with van der Waals surface area (Å²) in [5.41, 5.74) is 3.85. The van der Waals surface area contributed by atoms with Crippen LogP contribution in [0.3, 0.4) is 0 Å². The summed E-state index contributed by atoms with van der Waals surface area (Å²) in [4.78, 5) is 22.8. The number of anilines is 2. The van der Waals surface area contributed by atoms with Crippen molar-refractivity contribution < 1.29 is 22.9 Å². The van der Waals surface area contributed by atoms with Gasteiger partial charge in [-0.15, -0.1) is 0 Å². The standard InChI is InChI=1S/C17H15F3N4O3/c18-17(19,20)11-2-1-3-13(9-11)22-23-16(25)10-4-7-14(21-12-5-6-12)15(8-10)24(26)27/h1-4,7-9,12,21-22H,5-6H2,(H,23,25). The molecule has 2 aromatic rings. The Morgan fingerprint density at radius 2 is 1.89 bits per heavy atom. The highest BCUT2D eigenvalue weighted by atomic mass is 19.4. The molecule has 0 bridgehead atoms. The Hall–Kier alpha value is -3.30. The summed E-state index contributed by atoms with van der Waals surface area (Å²) in [6.45, 7) is 0. The number of hydrogen-bond donors (Lipinski definition) is 3. The molecule has 2 aromatic carbocycles. The lowest BCUT2D eigenvalue weighted by Gasteiger charge is -2.12. The Morgan fingerprint density at radius 1 is 1.15 bits per heavy atom. The number of nitro benzene ring substituents is 1. The van der Waals surface area contributed by atoms with E-state index in [2.05, 4.69) is 16.2 Å². The van der Waals surface area contributed by atoms with Gasteiger partial charge in [0, 0.05) is 17.7 Å². The predicted octanol–water partition coefficient (Wildman–Crippen LogP) is 3.94. The molecule has 0 spiro atoms. The fourth-order valence-electron chi connectivity index (χ4n) is 2.37. The predicted molar refractivity (Wildman–Crippen MR) is 92.3 cm³/mol. The average molecular weight is 380 g/mol. The van der Waals surface area contributed by atoms with Gasteiger partial charge in [0.1, 0.15) is 5.69 Å². The number of nitrogens with one attached hydrogen (secondary N) is 3. The number of hydrazine groups is 1. The molecule has 3 rings (SSSR count). The van der Waals surface area contributed by atoms with Crippen LogP contribution in [0.2, 0.25) is 0 Å². The van der Waals surface area contributed by atoms with Crippen molar-refractivity contribution in [2.24, 2.45) is 0 Å². The van der Waals surface area contributed by atoms with Crippen LogP contribution in [-0.4, -0.2) is 16.9 Å². The van der Waals surface area contributed by atoms with Gasteiger partial charge in [0.05, 0.1) is 16.2 Å². The van der Waals surface area contributed by atoms with Crippen LogP contribution < -0.4 is 16.2 Å². The Morgan fingerprint density at radius 3 is 2.52 bits per heavy atom. The number of halogens is 3. The number of hydrogen-bond acceptors (Lipinski definition) is 5. The Kier molecular flexibility index (Phi) is 4.89. The number of nitrogens with zero attached hydrogens (tertiary/aromatic N) is 1. The number of rotatable bonds is 6. The Balaban J connectivity index is 1.71. The zero-order chi connectivity index (χ0) is 19.6. The zero-order valence-electron chi connectivity index (χ0n) is 13.8. The minimum absolute atomic E-state index is 0.00234. The molecule has 1 aliphatic carbocycles. The van der Waals surface area contributed by atoms with E-state index in [1.165, 1.54) is 24.3 Å². The molecule has 1 fully saturated rings. The number of carbonyl (C=O) groups is 1. The molecule has 0 unspecified atom stereocenters. The van der Waals surface area contributed by atoms with E-state index in [1.54, 1.807) is 0 Å². The smallest absolute Gasteiger partial charge is 0.377 e. The Labute approximate surface area is 151 Å². The van der Waals surface area contributed by atoms with Crippen LogP contribution in [-0.2, 0) is 6.18 Å². The molecule has 7 nitrogen and oxygen atoms in total. The van der Waals surface area contributed by atoms with Crippen molar-refractivity contribution >= 4 is 23.0 Å². The van der Waals surface area contributed by atoms with Crippen molar-refractivity contribution in [1.82, 2.24) is 5.43 Å². The first-order valence-corrected chi connectivity index (χ1v) is 8.02. The summed E-state index contributed by atoms with van der Waals surface area (Å²) in [5, 5.41) is 14.2. The van der Waals surface area contributed by atoms with Crippen LogP contribution in [0.1, 0.15) is 28.8 Å². The first-order chi connectivity index (χ1) is 12.7. The van der Waals surface area contributed by atoms with E-state index in [-0.39, 0.29) is 23.0 Å². The molecule has 0 saturated heterocycles. The molecule has 1 aliphatic rings. The van der Waals surface area contributed by atoms with E-state index < -0.39 is 22.6 Å². The van der Waals surface area contributed by atoms with Crippen molar-refractivity contribution in [1.29, 1.82) is 0 Å². The van der Waals surface area contributed by atoms with Gasteiger partial charge in [-0.1, -0.05) is 6.07 Å². The second-order valence-corrected chi connectivity index (χ2v) is 6.07. The van der Waals surface area contributed by atoms with Crippen LogP contribution in [0.4, 0.5) is 30.2 Å². The van der Waals surface area contributed by atoms with Crippen LogP contribution in [0.5, 0.6) is 0 Å². The minimum Gasteiger partial charge on any atom is -0.377 e. The van der Waals surface area contributed by atoms with Crippen LogP contribution in [0, 0.1) is 10.1 Å². The fourth-order valence-corrected chi connectivity index (χ4v) is 2.37. The molecule has 0 aromatic heterocycles. The number of amides is 1. The normalized spacial score (nSPS) is 13.7. The topological polar surface area (TPSA) is 96.3 Å². The molecular formula is C17H15F3N4O3. The molecule has 0 radical (unpaired) electrons. The van der Waals surface area contributed by atoms with E-state index in [1.807, 2.05) is 0 Å². The summed E-state index contributed by atoms with van der Waals surface area (Å²) < 4.78 is 38.1. The lowest BCUT2D eigenvalue weighted by Crippen LogP contribution is -2.29. The first-order valence-electron chi connectivity index (χ1n) is 8.02. The third-order valence-electron chi connectivity index (χ3n) is 3.90. The quantitative estimate of drug-likeness (QED) is 0.521. The summed E-state index contributed by atoms with van der Waals surface area (Å²) >= 11 is 0. The number of nitro groups is 1. The van der Waals surface area contributed by atoms with Crippen LogP contribution >= 0.6 is 0 Å². The monoisotopic (exact) mass is 380 g/mol. The fraction of sp³-hybridized carbons (Fsp3) is 0.235. The molecular weight excluding hydrogens is 365 g/mol. The van der Waals surface area contributed by atoms with Crippen LogP contribution in [0.15, 0.2) is 42.5 Å². The van der Waals surface area contributed by atoms with Crippen molar-refractivity contribution in [3.63, 3.8) is 0 Å². The molecule has 10 heteroatoms. The molecule has 142 valence electrons. The van der Waals surface area contributed by atoms with Gasteiger partial charge in [-0.05, 0) is 43.2 Å². The lowest BCUT2D eigenvalue weighted by atomic mass is 10.1.